The van der Waals surface area contributed by atoms with E-state index >= 15 is 0 Å². The number of para-hydroxylation sites is 1. The topological polar surface area (TPSA) is 64.4 Å². The maximum atomic E-state index is 11.9. The summed E-state index contributed by atoms with van der Waals surface area (Å²) in [6.07, 6.45) is 3.84. The molecule has 0 aliphatic rings. The van der Waals surface area contributed by atoms with E-state index in [2.05, 4.69) is 15.2 Å². The maximum Gasteiger partial charge on any atom is 0.271 e. The van der Waals surface area contributed by atoms with Gasteiger partial charge in [0.15, 0.2) is 0 Å². The SMILES string of the molecule is CC(C)=c1[nH][nH]c(=O)c1=Cc1c[nH]c2ccccc12. The third kappa shape index (κ3) is 1.91. The lowest BCUT2D eigenvalue weighted by molar-refractivity contribution is 1.03. The van der Waals surface area contributed by atoms with Crippen molar-refractivity contribution in [2.45, 2.75) is 13.8 Å². The van der Waals surface area contributed by atoms with Crippen LogP contribution in [0.15, 0.2) is 35.3 Å². The second-order valence-electron chi connectivity index (χ2n) is 4.80. The molecule has 0 unspecified atom stereocenters. The summed E-state index contributed by atoms with van der Waals surface area (Å²) in [5.41, 5.74) is 3.06. The Morgan fingerprint density at radius 2 is 1.95 bits per heavy atom. The monoisotopic (exact) mass is 253 g/mol. The van der Waals surface area contributed by atoms with Crippen molar-refractivity contribution in [2.24, 2.45) is 0 Å². The summed E-state index contributed by atoms with van der Waals surface area (Å²) >= 11 is 0. The van der Waals surface area contributed by atoms with Crippen LogP contribution in [0.3, 0.4) is 0 Å². The molecule has 0 bridgehead atoms. The van der Waals surface area contributed by atoms with E-state index < -0.39 is 0 Å². The molecule has 0 spiro atoms. The summed E-state index contributed by atoms with van der Waals surface area (Å²) in [4.78, 5) is 15.1. The highest BCUT2D eigenvalue weighted by Gasteiger charge is 2.02. The molecule has 0 amide bonds. The summed E-state index contributed by atoms with van der Waals surface area (Å²) in [6.45, 7) is 3.96. The molecule has 1 aromatic carbocycles. The highest BCUT2D eigenvalue weighted by Crippen LogP contribution is 2.17. The van der Waals surface area contributed by atoms with Crippen LogP contribution in [0.2, 0.25) is 0 Å². The summed E-state index contributed by atoms with van der Waals surface area (Å²) in [6, 6.07) is 8.04. The average molecular weight is 253 g/mol. The van der Waals surface area contributed by atoms with Crippen LogP contribution < -0.4 is 16.1 Å². The predicted molar refractivity (Wildman–Crippen MR) is 77.3 cm³/mol. The number of rotatable bonds is 1. The Balaban J connectivity index is 2.37. The van der Waals surface area contributed by atoms with E-state index in [0.717, 1.165) is 27.4 Å². The number of nitrogens with one attached hydrogen (secondary N) is 3. The molecule has 3 rings (SSSR count). The van der Waals surface area contributed by atoms with Crippen molar-refractivity contribution < 1.29 is 0 Å². The van der Waals surface area contributed by atoms with Gasteiger partial charge in [-0.3, -0.25) is 15.0 Å². The number of hydrogen-bond donors (Lipinski definition) is 3. The van der Waals surface area contributed by atoms with Crippen LogP contribution in [-0.2, 0) is 0 Å². The molecule has 0 aliphatic carbocycles. The molecule has 2 heterocycles. The zero-order chi connectivity index (χ0) is 13.4. The van der Waals surface area contributed by atoms with Gasteiger partial charge in [-0.15, -0.1) is 0 Å². The number of H-pyrrole nitrogens is 3. The van der Waals surface area contributed by atoms with Crippen molar-refractivity contribution >= 4 is 22.6 Å². The molecule has 0 atom stereocenters. The van der Waals surface area contributed by atoms with Crippen molar-refractivity contribution in [3.8, 4) is 0 Å². The van der Waals surface area contributed by atoms with Crippen LogP contribution >= 0.6 is 0 Å². The van der Waals surface area contributed by atoms with E-state index in [1.54, 1.807) is 0 Å². The van der Waals surface area contributed by atoms with Gasteiger partial charge in [0.1, 0.15) is 0 Å². The molecule has 96 valence electrons. The van der Waals surface area contributed by atoms with E-state index in [4.69, 9.17) is 0 Å². The molecule has 2 aromatic heterocycles. The number of fused-ring (bicyclic) bond motifs is 1. The van der Waals surface area contributed by atoms with Gasteiger partial charge in [-0.25, -0.2) is 0 Å². The van der Waals surface area contributed by atoms with Gasteiger partial charge in [-0.05, 0) is 26.0 Å². The zero-order valence-corrected chi connectivity index (χ0v) is 10.9. The normalized spacial score (nSPS) is 12.2. The first kappa shape index (κ1) is 11.6. The summed E-state index contributed by atoms with van der Waals surface area (Å²) in [5, 5.41) is 8.20. The highest BCUT2D eigenvalue weighted by atomic mass is 16.1. The molecule has 0 saturated carbocycles. The molecule has 0 aliphatic heterocycles. The van der Waals surface area contributed by atoms with Crippen molar-refractivity contribution in [1.82, 2.24) is 15.2 Å². The molecule has 4 heteroatoms. The van der Waals surface area contributed by atoms with E-state index in [1.807, 2.05) is 50.4 Å². The standard InChI is InChI=1S/C15H15N3O/c1-9(2)14-12(15(19)18-17-14)7-10-8-16-13-6-4-3-5-11(10)13/h3-8,16-17H,1-2H3,(H,18,19). The molecule has 3 aromatic rings. The quantitative estimate of drug-likeness (QED) is 0.599. The van der Waals surface area contributed by atoms with Crippen molar-refractivity contribution in [3.63, 3.8) is 0 Å². The van der Waals surface area contributed by atoms with Crippen LogP contribution in [0, 0.1) is 0 Å². The van der Waals surface area contributed by atoms with Crippen LogP contribution in [0.1, 0.15) is 19.4 Å². The average Bonchev–Trinajstić information content (AvgIpc) is 2.96. The Bertz CT molecular complexity index is 905. The minimum absolute atomic E-state index is 0.0959. The fraction of sp³-hybridized carbons (Fsp3) is 0.133. The smallest absolute Gasteiger partial charge is 0.271 e. The van der Waals surface area contributed by atoms with E-state index in [0.29, 0.717) is 5.22 Å². The summed E-state index contributed by atoms with van der Waals surface area (Å²) in [7, 11) is 0. The molecule has 0 radical (unpaired) electrons. The molecular formula is C15H15N3O. The van der Waals surface area contributed by atoms with Gasteiger partial charge in [-0.2, -0.15) is 0 Å². The minimum Gasteiger partial charge on any atom is -0.361 e. The van der Waals surface area contributed by atoms with Crippen LogP contribution in [0.5, 0.6) is 0 Å². The fourth-order valence-corrected chi connectivity index (χ4v) is 2.27. The third-order valence-electron chi connectivity index (χ3n) is 3.24. The van der Waals surface area contributed by atoms with E-state index in [-0.39, 0.29) is 5.56 Å². The summed E-state index contributed by atoms with van der Waals surface area (Å²) < 4.78 is 0. The Morgan fingerprint density at radius 3 is 2.74 bits per heavy atom. The minimum atomic E-state index is -0.0959. The Kier molecular flexibility index (Phi) is 2.63. The maximum absolute atomic E-state index is 11.9. The van der Waals surface area contributed by atoms with E-state index in [1.165, 1.54) is 0 Å². The van der Waals surface area contributed by atoms with Crippen molar-refractivity contribution in [3.05, 3.63) is 56.9 Å². The largest absolute Gasteiger partial charge is 0.361 e. The molecule has 0 fully saturated rings. The lowest BCUT2D eigenvalue weighted by Crippen LogP contribution is -2.34. The van der Waals surface area contributed by atoms with Crippen LogP contribution in [0.4, 0.5) is 0 Å². The molecule has 3 N–H and O–H groups in total. The van der Waals surface area contributed by atoms with Gasteiger partial charge >= 0.3 is 0 Å². The number of aromatic nitrogens is 3. The number of aromatic amines is 3. The molecule has 4 nitrogen and oxygen atoms in total. The van der Waals surface area contributed by atoms with Gasteiger partial charge in [-0.1, -0.05) is 23.8 Å². The number of benzene rings is 1. The van der Waals surface area contributed by atoms with Gasteiger partial charge in [0.25, 0.3) is 5.56 Å². The number of hydrogen-bond acceptors (Lipinski definition) is 1. The van der Waals surface area contributed by atoms with Crippen molar-refractivity contribution in [1.29, 1.82) is 0 Å². The predicted octanol–water partition coefficient (Wildman–Crippen LogP) is 1.20. The summed E-state index contributed by atoms with van der Waals surface area (Å²) in [5.74, 6) is 0. The molecular weight excluding hydrogens is 238 g/mol. The van der Waals surface area contributed by atoms with Crippen LogP contribution in [0.25, 0.3) is 22.6 Å². The molecule has 0 saturated heterocycles. The second kappa shape index (κ2) is 4.31. The van der Waals surface area contributed by atoms with Crippen molar-refractivity contribution in [2.75, 3.05) is 0 Å². The fourth-order valence-electron chi connectivity index (χ4n) is 2.27. The Morgan fingerprint density at radius 1 is 1.16 bits per heavy atom. The van der Waals surface area contributed by atoms with Gasteiger partial charge < -0.3 is 4.98 Å². The first-order valence-electron chi connectivity index (χ1n) is 6.19. The third-order valence-corrected chi connectivity index (χ3v) is 3.24. The lowest BCUT2D eigenvalue weighted by Gasteiger charge is -1.90. The first-order chi connectivity index (χ1) is 9.16. The van der Waals surface area contributed by atoms with Crippen LogP contribution in [-0.4, -0.2) is 15.2 Å². The zero-order valence-electron chi connectivity index (χ0n) is 10.9. The van der Waals surface area contributed by atoms with Gasteiger partial charge in [0, 0.05) is 22.7 Å². The second-order valence-corrected chi connectivity index (χ2v) is 4.80. The first-order valence-corrected chi connectivity index (χ1v) is 6.19. The van der Waals surface area contributed by atoms with Gasteiger partial charge in [0.2, 0.25) is 0 Å². The van der Waals surface area contributed by atoms with Gasteiger partial charge in [0.05, 0.1) is 10.6 Å². The Labute approximate surface area is 109 Å². The Hall–Kier alpha value is -2.49. The molecule has 19 heavy (non-hydrogen) atoms. The lowest BCUT2D eigenvalue weighted by atomic mass is 10.1. The highest BCUT2D eigenvalue weighted by molar-refractivity contribution is 5.88. The van der Waals surface area contributed by atoms with E-state index in [9.17, 15) is 4.79 Å².